The van der Waals surface area contributed by atoms with E-state index in [1.54, 1.807) is 11.1 Å². The van der Waals surface area contributed by atoms with E-state index in [0.717, 1.165) is 28.8 Å². The Bertz CT molecular complexity index is 1530. The van der Waals surface area contributed by atoms with Gasteiger partial charge in [0.2, 0.25) is 0 Å². The molecule has 1 aromatic carbocycles. The predicted octanol–water partition coefficient (Wildman–Crippen LogP) is 5.01. The molecular weight excluding hydrogens is 548 g/mol. The van der Waals surface area contributed by atoms with Crippen molar-refractivity contribution in [1.29, 1.82) is 0 Å². The standard InChI is InChI=1S/C32H46N6O5/c1-8-32(12-15-36(16-13-32)29(41)43-30(3,4)5)38-24-11-14-33-27(39)25(24)26(35-38)34-22-9-10-23(21(2)19-22)28(40)37-17-18-42-31(6,7)20-37/h9-11,14,19,28,40H,8,12-13,15-18,20H2,1-7H3,(H,33,39)(H,34,35). The molecule has 3 N–H and O–H groups in total. The van der Waals surface area contributed by atoms with Crippen LogP contribution in [0.25, 0.3) is 10.9 Å². The number of hydrogen-bond donors (Lipinski definition) is 3. The van der Waals surface area contributed by atoms with Gasteiger partial charge >= 0.3 is 6.09 Å². The van der Waals surface area contributed by atoms with E-state index in [1.165, 1.54) is 0 Å². The van der Waals surface area contributed by atoms with Gasteiger partial charge < -0.3 is 29.8 Å². The van der Waals surface area contributed by atoms with Crippen LogP contribution in [0.1, 0.15) is 78.2 Å². The van der Waals surface area contributed by atoms with Crippen molar-refractivity contribution in [3.63, 3.8) is 0 Å². The Morgan fingerprint density at radius 1 is 1.21 bits per heavy atom. The lowest BCUT2D eigenvalue weighted by molar-refractivity contribution is -0.133. The van der Waals surface area contributed by atoms with Gasteiger partial charge in [0.05, 0.1) is 23.3 Å². The first-order valence-electron chi connectivity index (χ1n) is 15.2. The topological polar surface area (TPSA) is 125 Å². The number of morpholine rings is 1. The molecule has 2 aliphatic heterocycles. The minimum absolute atomic E-state index is 0.220. The molecule has 2 saturated heterocycles. The number of anilines is 2. The molecule has 43 heavy (non-hydrogen) atoms. The van der Waals surface area contributed by atoms with E-state index >= 15 is 0 Å². The number of aromatic amines is 1. The lowest BCUT2D eigenvalue weighted by atomic mass is 9.85. The largest absolute Gasteiger partial charge is 0.444 e. The number of rotatable bonds is 6. The number of pyridine rings is 1. The van der Waals surface area contributed by atoms with Crippen LogP contribution in [0.2, 0.25) is 0 Å². The highest BCUT2D eigenvalue weighted by molar-refractivity contribution is 5.91. The first-order valence-corrected chi connectivity index (χ1v) is 15.2. The minimum atomic E-state index is -0.740. The number of piperidine rings is 1. The number of aliphatic hydroxyl groups is 1. The van der Waals surface area contributed by atoms with E-state index in [-0.39, 0.29) is 22.8 Å². The Hall–Kier alpha value is -3.41. The number of ether oxygens (including phenoxy) is 2. The van der Waals surface area contributed by atoms with Crippen LogP contribution in [0.4, 0.5) is 16.3 Å². The smallest absolute Gasteiger partial charge is 0.410 e. The van der Waals surface area contributed by atoms with Crippen molar-refractivity contribution in [3.05, 3.63) is 51.9 Å². The van der Waals surface area contributed by atoms with Gasteiger partial charge in [-0.15, -0.1) is 0 Å². The van der Waals surface area contributed by atoms with Crippen molar-refractivity contribution < 1.29 is 19.4 Å². The molecule has 0 bridgehead atoms. The number of aromatic nitrogens is 3. The molecule has 0 saturated carbocycles. The summed E-state index contributed by atoms with van der Waals surface area (Å²) in [6, 6.07) is 7.70. The highest BCUT2D eigenvalue weighted by Gasteiger charge is 2.40. The number of H-pyrrole nitrogens is 1. The molecule has 0 spiro atoms. The quantitative estimate of drug-likeness (QED) is 0.364. The number of nitrogens with one attached hydrogen (secondary N) is 2. The summed E-state index contributed by atoms with van der Waals surface area (Å²) >= 11 is 0. The molecule has 234 valence electrons. The number of fused-ring (bicyclic) bond motifs is 1. The lowest BCUT2D eigenvalue weighted by Gasteiger charge is -2.42. The van der Waals surface area contributed by atoms with Gasteiger partial charge in [0.25, 0.3) is 5.56 Å². The van der Waals surface area contributed by atoms with E-state index in [2.05, 4.69) is 17.2 Å². The summed E-state index contributed by atoms with van der Waals surface area (Å²) in [5.41, 5.74) is 1.84. The molecule has 1 atom stereocenters. The maximum atomic E-state index is 13.1. The van der Waals surface area contributed by atoms with Crippen LogP contribution in [0.3, 0.4) is 0 Å². The van der Waals surface area contributed by atoms with Crippen molar-refractivity contribution in [2.24, 2.45) is 0 Å². The summed E-state index contributed by atoms with van der Waals surface area (Å²) in [5.74, 6) is 0.474. The molecule has 1 amide bonds. The third-order valence-corrected chi connectivity index (χ3v) is 8.67. The number of aryl methyl sites for hydroxylation is 1. The van der Waals surface area contributed by atoms with Crippen molar-refractivity contribution in [1.82, 2.24) is 24.6 Å². The van der Waals surface area contributed by atoms with Gasteiger partial charge in [-0.25, -0.2) is 4.79 Å². The van der Waals surface area contributed by atoms with Gasteiger partial charge in [0.15, 0.2) is 5.82 Å². The monoisotopic (exact) mass is 594 g/mol. The van der Waals surface area contributed by atoms with Crippen molar-refractivity contribution in [2.45, 2.75) is 90.7 Å². The SMILES string of the molecule is CCC1(n2nc(Nc3ccc(C(O)N4CCOC(C)(C)C4)c(C)c3)c3c(=O)[nH]ccc32)CCN(C(=O)OC(C)(C)C)CC1. The molecule has 0 radical (unpaired) electrons. The molecule has 2 aromatic heterocycles. The Labute approximate surface area is 253 Å². The fourth-order valence-corrected chi connectivity index (χ4v) is 6.31. The second kappa shape index (κ2) is 11.6. The number of benzene rings is 1. The van der Waals surface area contributed by atoms with Gasteiger partial charge in [-0.1, -0.05) is 13.0 Å². The second-order valence-electron chi connectivity index (χ2n) is 13.5. The molecule has 11 nitrogen and oxygen atoms in total. The van der Waals surface area contributed by atoms with E-state index in [0.29, 0.717) is 56.8 Å². The van der Waals surface area contributed by atoms with Crippen LogP contribution in [0, 0.1) is 6.92 Å². The van der Waals surface area contributed by atoms with E-state index in [4.69, 9.17) is 14.6 Å². The zero-order valence-corrected chi connectivity index (χ0v) is 26.5. The third kappa shape index (κ3) is 6.44. The van der Waals surface area contributed by atoms with Crippen LogP contribution in [-0.4, -0.2) is 79.8 Å². The fourth-order valence-electron chi connectivity index (χ4n) is 6.31. The van der Waals surface area contributed by atoms with Gasteiger partial charge in [-0.3, -0.25) is 14.4 Å². The molecule has 0 aliphatic carbocycles. The average molecular weight is 595 g/mol. The molecule has 2 fully saturated rings. The number of aliphatic hydroxyl groups excluding tert-OH is 1. The van der Waals surface area contributed by atoms with Crippen molar-refractivity contribution in [3.8, 4) is 0 Å². The lowest BCUT2D eigenvalue weighted by Crippen LogP contribution is -2.49. The summed E-state index contributed by atoms with van der Waals surface area (Å²) in [6.45, 7) is 16.7. The van der Waals surface area contributed by atoms with E-state index < -0.39 is 11.8 Å². The number of carbonyl (C=O) groups excluding carboxylic acids is 1. The van der Waals surface area contributed by atoms with Crippen molar-refractivity contribution in [2.75, 3.05) is 38.1 Å². The Morgan fingerprint density at radius 2 is 1.93 bits per heavy atom. The maximum Gasteiger partial charge on any atom is 0.410 e. The number of nitrogens with zero attached hydrogens (tertiary/aromatic N) is 4. The Balaban J connectivity index is 1.41. The van der Waals surface area contributed by atoms with E-state index in [1.807, 2.05) is 75.4 Å². The molecule has 11 heteroatoms. The van der Waals surface area contributed by atoms with Crippen LogP contribution in [0.15, 0.2) is 35.3 Å². The van der Waals surface area contributed by atoms with Crippen LogP contribution in [0.5, 0.6) is 0 Å². The first-order chi connectivity index (χ1) is 20.2. The minimum Gasteiger partial charge on any atom is -0.444 e. The number of likely N-dealkylation sites (tertiary alicyclic amines) is 1. The molecule has 3 aromatic rings. The van der Waals surface area contributed by atoms with Crippen LogP contribution in [-0.2, 0) is 15.0 Å². The van der Waals surface area contributed by atoms with Gasteiger partial charge in [0, 0.05) is 38.1 Å². The zero-order chi connectivity index (χ0) is 31.2. The molecule has 5 rings (SSSR count). The number of hydrogen-bond acceptors (Lipinski definition) is 8. The predicted molar refractivity (Wildman–Crippen MR) is 167 cm³/mol. The summed E-state index contributed by atoms with van der Waals surface area (Å²) in [7, 11) is 0. The van der Waals surface area contributed by atoms with Gasteiger partial charge in [-0.05, 0) is 90.1 Å². The number of amides is 1. The molecular formula is C32H46N6O5. The van der Waals surface area contributed by atoms with E-state index in [9.17, 15) is 14.7 Å². The van der Waals surface area contributed by atoms with Crippen LogP contribution < -0.4 is 10.9 Å². The zero-order valence-electron chi connectivity index (χ0n) is 26.5. The second-order valence-corrected chi connectivity index (χ2v) is 13.5. The summed E-state index contributed by atoms with van der Waals surface area (Å²) < 4.78 is 13.4. The highest BCUT2D eigenvalue weighted by atomic mass is 16.6. The van der Waals surface area contributed by atoms with Gasteiger partial charge in [0.1, 0.15) is 17.2 Å². The first kappa shape index (κ1) is 31.0. The van der Waals surface area contributed by atoms with Gasteiger partial charge in [-0.2, -0.15) is 5.10 Å². The summed E-state index contributed by atoms with van der Waals surface area (Å²) in [4.78, 5) is 32.4. The Kier molecular flexibility index (Phi) is 8.36. The Morgan fingerprint density at radius 3 is 2.56 bits per heavy atom. The number of carbonyl (C=O) groups is 1. The maximum absolute atomic E-state index is 13.1. The summed E-state index contributed by atoms with van der Waals surface area (Å²) in [5, 5.41) is 20.1. The third-order valence-electron chi connectivity index (χ3n) is 8.67. The summed E-state index contributed by atoms with van der Waals surface area (Å²) in [6.07, 6.45) is 2.78. The molecule has 4 heterocycles. The molecule has 1 unspecified atom stereocenters. The highest BCUT2D eigenvalue weighted by Crippen LogP contribution is 2.38. The van der Waals surface area contributed by atoms with Crippen LogP contribution >= 0.6 is 0 Å². The van der Waals surface area contributed by atoms with Crippen molar-refractivity contribution >= 4 is 28.5 Å². The average Bonchev–Trinajstić information content (AvgIpc) is 3.31. The molecule has 2 aliphatic rings. The fraction of sp³-hybridized carbons (Fsp3) is 0.594. The normalized spacial score (nSPS) is 19.8.